The van der Waals surface area contributed by atoms with Gasteiger partial charge in [0, 0.05) is 37.5 Å². The third-order valence-corrected chi connectivity index (χ3v) is 12.4. The van der Waals surface area contributed by atoms with Gasteiger partial charge in [-0.25, -0.2) is 0 Å². The predicted molar refractivity (Wildman–Crippen MR) is 245 cm³/mol. The van der Waals surface area contributed by atoms with Crippen molar-refractivity contribution in [2.45, 2.75) is 0 Å². The number of para-hydroxylation sites is 2. The van der Waals surface area contributed by atoms with E-state index < -0.39 is 0 Å². The summed E-state index contributed by atoms with van der Waals surface area (Å²) in [6, 6.07) is 79.4. The predicted octanol–water partition coefficient (Wildman–Crippen LogP) is 15.6. The molecule has 0 atom stereocenters. The maximum absolute atomic E-state index is 2.53. The van der Waals surface area contributed by atoms with Crippen molar-refractivity contribution in [2.24, 2.45) is 0 Å². The van der Waals surface area contributed by atoms with Gasteiger partial charge in [-0.3, -0.25) is 0 Å². The van der Waals surface area contributed by atoms with Crippen molar-refractivity contribution in [1.82, 2.24) is 4.57 Å². The molecule has 11 rings (SSSR count). The molecule has 11 aromatic rings. The Bertz CT molecular complexity index is 3220. The molecule has 0 N–H and O–H groups in total. The number of benzene rings is 9. The van der Waals surface area contributed by atoms with Gasteiger partial charge in [0.05, 0.1) is 32.8 Å². The van der Waals surface area contributed by atoms with Crippen LogP contribution in [-0.2, 0) is 0 Å². The lowest BCUT2D eigenvalue weighted by Gasteiger charge is -2.29. The summed E-state index contributed by atoms with van der Waals surface area (Å²) >= 11 is 1.87. The van der Waals surface area contributed by atoms with Crippen molar-refractivity contribution in [3.8, 4) is 39.1 Å². The molecule has 0 bridgehead atoms. The van der Waals surface area contributed by atoms with Crippen LogP contribution in [0, 0.1) is 0 Å². The minimum Gasteiger partial charge on any atom is -0.309 e. The van der Waals surface area contributed by atoms with Gasteiger partial charge in [-0.2, -0.15) is 0 Å². The maximum atomic E-state index is 2.53. The van der Waals surface area contributed by atoms with Gasteiger partial charge in [0.25, 0.3) is 0 Å². The van der Waals surface area contributed by atoms with Gasteiger partial charge >= 0.3 is 0 Å². The third kappa shape index (κ3) is 5.63. The van der Waals surface area contributed by atoms with Crippen LogP contribution >= 0.6 is 11.3 Å². The maximum Gasteiger partial charge on any atom is 0.0640 e. The molecule has 0 saturated carbocycles. The van der Waals surface area contributed by atoms with E-state index in [2.05, 4.69) is 228 Å². The van der Waals surface area contributed by atoms with Crippen molar-refractivity contribution < 1.29 is 0 Å². The van der Waals surface area contributed by atoms with E-state index in [4.69, 9.17) is 0 Å². The Labute approximate surface area is 335 Å². The molecule has 9 aromatic carbocycles. The van der Waals surface area contributed by atoms with E-state index in [1.165, 1.54) is 75.4 Å². The first-order valence-electron chi connectivity index (χ1n) is 19.4. The van der Waals surface area contributed by atoms with E-state index in [9.17, 15) is 0 Å². The molecule has 2 heterocycles. The second-order valence-electron chi connectivity index (χ2n) is 14.5. The van der Waals surface area contributed by atoms with Crippen LogP contribution in [0.4, 0.5) is 17.1 Å². The number of nitrogens with zero attached hydrogens (tertiary/aromatic N) is 2. The average molecular weight is 745 g/mol. The van der Waals surface area contributed by atoms with Crippen LogP contribution < -0.4 is 4.90 Å². The fourth-order valence-corrected chi connectivity index (χ4v) is 9.79. The molecule has 268 valence electrons. The molecule has 57 heavy (non-hydrogen) atoms. The zero-order chi connectivity index (χ0) is 37.7. The molecule has 2 aromatic heterocycles. The number of aromatic nitrogens is 1. The Morgan fingerprint density at radius 1 is 0.351 bits per heavy atom. The normalized spacial score (nSPS) is 11.5. The fraction of sp³-hybridized carbons (Fsp3) is 0. The second-order valence-corrected chi connectivity index (χ2v) is 15.5. The summed E-state index contributed by atoms with van der Waals surface area (Å²) in [5.41, 5.74) is 14.1. The van der Waals surface area contributed by atoms with Gasteiger partial charge in [0.2, 0.25) is 0 Å². The Kier molecular flexibility index (Phi) is 8.04. The van der Waals surface area contributed by atoms with Crippen molar-refractivity contribution in [1.29, 1.82) is 0 Å². The summed E-state index contributed by atoms with van der Waals surface area (Å²) in [5, 5.41) is 5.00. The summed E-state index contributed by atoms with van der Waals surface area (Å²) in [4.78, 5) is 2.53. The van der Waals surface area contributed by atoms with Crippen LogP contribution in [0.2, 0.25) is 0 Å². The molecule has 2 nitrogen and oxygen atoms in total. The molecule has 3 heteroatoms. The molecule has 0 aliphatic rings. The SMILES string of the molecule is c1ccc(-c2ccc(-c3ccc(N(c4cccc5c4sc4ccccc45)c4cccc5c4c4ccccc4n5-c4ccccc4)c(-c4ccccc4)c3)cc2)cc1. The highest BCUT2D eigenvalue weighted by molar-refractivity contribution is 7.26. The van der Waals surface area contributed by atoms with Gasteiger partial charge in [-0.15, -0.1) is 11.3 Å². The van der Waals surface area contributed by atoms with Gasteiger partial charge in [-0.1, -0.05) is 164 Å². The van der Waals surface area contributed by atoms with E-state index in [1.807, 2.05) is 11.3 Å². The third-order valence-electron chi connectivity index (χ3n) is 11.2. The Morgan fingerprint density at radius 2 is 0.895 bits per heavy atom. The number of rotatable bonds is 7. The topological polar surface area (TPSA) is 8.17 Å². The molecule has 0 aliphatic heterocycles. The van der Waals surface area contributed by atoms with E-state index in [1.54, 1.807) is 0 Å². The van der Waals surface area contributed by atoms with Crippen LogP contribution in [-0.4, -0.2) is 4.57 Å². The second kappa shape index (κ2) is 13.8. The van der Waals surface area contributed by atoms with Gasteiger partial charge in [0.15, 0.2) is 0 Å². The first-order valence-corrected chi connectivity index (χ1v) is 20.3. The van der Waals surface area contributed by atoms with E-state index in [-0.39, 0.29) is 0 Å². The summed E-state index contributed by atoms with van der Waals surface area (Å²) in [5.74, 6) is 0. The Hall–Kier alpha value is -7.20. The minimum absolute atomic E-state index is 1.12. The zero-order valence-electron chi connectivity index (χ0n) is 31.1. The smallest absolute Gasteiger partial charge is 0.0640 e. The molecule has 0 spiro atoms. The first-order chi connectivity index (χ1) is 28.3. The lowest BCUT2D eigenvalue weighted by Crippen LogP contribution is -2.12. The molecular weight excluding hydrogens is 709 g/mol. The monoisotopic (exact) mass is 744 g/mol. The Morgan fingerprint density at radius 3 is 1.67 bits per heavy atom. The van der Waals surface area contributed by atoms with Crippen LogP contribution in [0.1, 0.15) is 0 Å². The van der Waals surface area contributed by atoms with Crippen molar-refractivity contribution in [2.75, 3.05) is 4.90 Å². The lowest BCUT2D eigenvalue weighted by atomic mass is 9.94. The van der Waals surface area contributed by atoms with Crippen molar-refractivity contribution in [3.63, 3.8) is 0 Å². The van der Waals surface area contributed by atoms with E-state index in [0.29, 0.717) is 0 Å². The Balaban J connectivity index is 1.20. The minimum atomic E-state index is 1.12. The number of fused-ring (bicyclic) bond motifs is 6. The van der Waals surface area contributed by atoms with Gasteiger partial charge in [-0.05, 0) is 82.4 Å². The molecule has 0 amide bonds. The molecule has 0 aliphatic carbocycles. The number of thiophene rings is 1. The largest absolute Gasteiger partial charge is 0.309 e. The first kappa shape index (κ1) is 33.2. The van der Waals surface area contributed by atoms with Crippen molar-refractivity contribution in [3.05, 3.63) is 218 Å². The number of hydrogen-bond acceptors (Lipinski definition) is 2. The number of anilines is 3. The zero-order valence-corrected chi connectivity index (χ0v) is 31.9. The van der Waals surface area contributed by atoms with Crippen LogP contribution in [0.5, 0.6) is 0 Å². The van der Waals surface area contributed by atoms with E-state index in [0.717, 1.165) is 22.7 Å². The van der Waals surface area contributed by atoms with Gasteiger partial charge in [0.1, 0.15) is 0 Å². The summed E-state index contributed by atoms with van der Waals surface area (Å²) in [6.45, 7) is 0. The van der Waals surface area contributed by atoms with E-state index >= 15 is 0 Å². The lowest BCUT2D eigenvalue weighted by molar-refractivity contribution is 1.18. The standard InChI is InChI=1S/C54H36N2S/c1-4-16-37(17-5-1)38-30-32-39(33-31-38)41-34-35-48(46(36-41)40-18-6-2-7-19-40)56(51-28-14-24-44-43-22-11-13-29-52(43)57-54(44)51)50-27-15-26-49-53(50)45-23-10-12-25-47(45)55(49)42-20-8-3-9-21-42/h1-36H. The fourth-order valence-electron chi connectivity index (χ4n) is 8.58. The molecule has 0 unspecified atom stereocenters. The summed E-state index contributed by atoms with van der Waals surface area (Å²) in [7, 11) is 0. The molecule has 0 fully saturated rings. The van der Waals surface area contributed by atoms with Crippen LogP contribution in [0.25, 0.3) is 81.0 Å². The highest BCUT2D eigenvalue weighted by atomic mass is 32.1. The highest BCUT2D eigenvalue weighted by Crippen LogP contribution is 2.50. The summed E-state index contributed by atoms with van der Waals surface area (Å²) < 4.78 is 4.96. The quantitative estimate of drug-likeness (QED) is 0.158. The average Bonchev–Trinajstić information content (AvgIpc) is 3.84. The van der Waals surface area contributed by atoms with Gasteiger partial charge < -0.3 is 9.47 Å². The highest BCUT2D eigenvalue weighted by Gasteiger charge is 2.25. The molecule has 0 saturated heterocycles. The van der Waals surface area contributed by atoms with Crippen LogP contribution in [0.3, 0.4) is 0 Å². The summed E-state index contributed by atoms with van der Waals surface area (Å²) in [6.07, 6.45) is 0. The van der Waals surface area contributed by atoms with Crippen LogP contribution in [0.15, 0.2) is 218 Å². The molecular formula is C54H36N2S. The van der Waals surface area contributed by atoms with Crippen molar-refractivity contribution >= 4 is 70.4 Å². The molecule has 0 radical (unpaired) electrons. The number of hydrogen-bond donors (Lipinski definition) is 0.